The van der Waals surface area contributed by atoms with Crippen LogP contribution in [0.15, 0.2) is 24.3 Å². The summed E-state index contributed by atoms with van der Waals surface area (Å²) in [5, 5.41) is 2.63. The summed E-state index contributed by atoms with van der Waals surface area (Å²) in [5.41, 5.74) is 5.89. The summed E-state index contributed by atoms with van der Waals surface area (Å²) < 4.78 is 28.3. The molecule has 0 saturated heterocycles. The van der Waals surface area contributed by atoms with E-state index in [1.54, 1.807) is 6.07 Å². The third kappa shape index (κ3) is 6.15. The van der Waals surface area contributed by atoms with Gasteiger partial charge in [-0.1, -0.05) is 13.0 Å². The third-order valence-electron chi connectivity index (χ3n) is 2.61. The largest absolute Gasteiger partial charge is 0.435 e. The molecule has 0 aliphatic heterocycles. The maximum atomic E-state index is 12.0. The first-order valence-corrected chi connectivity index (χ1v) is 6.06. The Bertz CT molecular complexity index is 413. The number of nitrogens with one attached hydrogen (secondary N) is 1. The molecule has 0 fully saturated rings. The standard InChI is InChI=1S/C13H18F2N2O2/c1-9(8-16)5-6-12(18)17-10-3-2-4-11(7-10)19-13(14)15/h2-4,7,9,13H,5-6,8,16H2,1H3,(H,17,18). The number of anilines is 1. The first-order chi connectivity index (χ1) is 9.01. The van der Waals surface area contributed by atoms with Crippen molar-refractivity contribution >= 4 is 11.6 Å². The van der Waals surface area contributed by atoms with E-state index in [4.69, 9.17) is 5.73 Å². The Kier molecular flexibility index (Phi) is 6.21. The van der Waals surface area contributed by atoms with Crippen LogP contribution in [0.3, 0.4) is 0 Å². The number of benzene rings is 1. The highest BCUT2D eigenvalue weighted by Gasteiger charge is 2.08. The van der Waals surface area contributed by atoms with Crippen LogP contribution in [0.4, 0.5) is 14.5 Å². The highest BCUT2D eigenvalue weighted by molar-refractivity contribution is 5.90. The SMILES string of the molecule is CC(CN)CCC(=O)Nc1cccc(OC(F)F)c1. The molecule has 1 amide bonds. The van der Waals surface area contributed by atoms with Gasteiger partial charge in [-0.25, -0.2) is 0 Å². The summed E-state index contributed by atoms with van der Waals surface area (Å²) in [4.78, 5) is 11.6. The minimum Gasteiger partial charge on any atom is -0.435 e. The van der Waals surface area contributed by atoms with Crippen LogP contribution in [-0.2, 0) is 4.79 Å². The molecular weight excluding hydrogens is 254 g/mol. The molecule has 0 saturated carbocycles. The van der Waals surface area contributed by atoms with E-state index < -0.39 is 6.61 Å². The summed E-state index contributed by atoms with van der Waals surface area (Å²) in [5.74, 6) is 0.122. The maximum Gasteiger partial charge on any atom is 0.387 e. The average molecular weight is 272 g/mol. The molecule has 0 heterocycles. The van der Waals surface area contributed by atoms with Crippen molar-refractivity contribution in [2.45, 2.75) is 26.4 Å². The number of carbonyl (C=O) groups is 1. The zero-order valence-electron chi connectivity index (χ0n) is 10.7. The van der Waals surface area contributed by atoms with Crippen LogP contribution in [0.25, 0.3) is 0 Å². The lowest BCUT2D eigenvalue weighted by molar-refractivity contribution is -0.116. The number of halogens is 2. The van der Waals surface area contributed by atoms with Crippen LogP contribution in [0.5, 0.6) is 5.75 Å². The molecule has 0 aliphatic carbocycles. The predicted molar refractivity (Wildman–Crippen MR) is 69.2 cm³/mol. The summed E-state index contributed by atoms with van der Waals surface area (Å²) in [6.07, 6.45) is 1.04. The molecule has 1 aromatic rings. The van der Waals surface area contributed by atoms with Gasteiger partial charge >= 0.3 is 6.61 Å². The van der Waals surface area contributed by atoms with E-state index in [1.165, 1.54) is 18.2 Å². The molecule has 19 heavy (non-hydrogen) atoms. The molecule has 1 atom stereocenters. The highest BCUT2D eigenvalue weighted by Crippen LogP contribution is 2.19. The lowest BCUT2D eigenvalue weighted by atomic mass is 10.1. The molecule has 0 radical (unpaired) electrons. The van der Waals surface area contributed by atoms with Gasteiger partial charge in [-0.3, -0.25) is 4.79 Å². The van der Waals surface area contributed by atoms with Crippen molar-refractivity contribution in [3.8, 4) is 5.75 Å². The number of carbonyl (C=O) groups excluding carboxylic acids is 1. The Hall–Kier alpha value is -1.69. The van der Waals surface area contributed by atoms with E-state index in [1.807, 2.05) is 6.92 Å². The van der Waals surface area contributed by atoms with Crippen molar-refractivity contribution < 1.29 is 18.3 Å². The van der Waals surface area contributed by atoms with Gasteiger partial charge in [-0.05, 0) is 31.0 Å². The van der Waals surface area contributed by atoms with Crippen LogP contribution in [0, 0.1) is 5.92 Å². The fourth-order valence-corrected chi connectivity index (χ4v) is 1.47. The second-order valence-electron chi connectivity index (χ2n) is 4.33. The number of alkyl halides is 2. The molecule has 1 unspecified atom stereocenters. The van der Waals surface area contributed by atoms with Crippen molar-refractivity contribution in [2.75, 3.05) is 11.9 Å². The van der Waals surface area contributed by atoms with Gasteiger partial charge in [-0.2, -0.15) is 8.78 Å². The van der Waals surface area contributed by atoms with Crippen LogP contribution < -0.4 is 15.8 Å². The molecule has 4 nitrogen and oxygen atoms in total. The minimum absolute atomic E-state index is 0.0168. The minimum atomic E-state index is -2.88. The average Bonchev–Trinajstić information content (AvgIpc) is 2.35. The molecule has 1 rings (SSSR count). The van der Waals surface area contributed by atoms with Crippen molar-refractivity contribution in [2.24, 2.45) is 11.7 Å². The molecule has 6 heteroatoms. The van der Waals surface area contributed by atoms with Crippen molar-refractivity contribution in [1.29, 1.82) is 0 Å². The van der Waals surface area contributed by atoms with E-state index in [9.17, 15) is 13.6 Å². The molecule has 0 bridgehead atoms. The van der Waals surface area contributed by atoms with Gasteiger partial charge in [0.2, 0.25) is 5.91 Å². The van der Waals surface area contributed by atoms with Crippen LogP contribution in [-0.4, -0.2) is 19.1 Å². The molecule has 0 aromatic heterocycles. The highest BCUT2D eigenvalue weighted by atomic mass is 19.3. The van der Waals surface area contributed by atoms with Crippen molar-refractivity contribution in [1.82, 2.24) is 0 Å². The lowest BCUT2D eigenvalue weighted by Gasteiger charge is -2.10. The Morgan fingerprint density at radius 2 is 2.21 bits per heavy atom. The van der Waals surface area contributed by atoms with Gasteiger partial charge in [0.15, 0.2) is 0 Å². The quantitative estimate of drug-likeness (QED) is 0.802. The molecule has 106 valence electrons. The number of ether oxygens (including phenoxy) is 1. The lowest BCUT2D eigenvalue weighted by Crippen LogP contribution is -2.16. The second-order valence-corrected chi connectivity index (χ2v) is 4.33. The van der Waals surface area contributed by atoms with Gasteiger partial charge in [0.1, 0.15) is 5.75 Å². The predicted octanol–water partition coefficient (Wildman–Crippen LogP) is 2.60. The smallest absolute Gasteiger partial charge is 0.387 e. The zero-order valence-corrected chi connectivity index (χ0v) is 10.7. The number of nitrogens with two attached hydrogens (primary N) is 1. The molecule has 0 aliphatic rings. The molecular formula is C13H18F2N2O2. The van der Waals surface area contributed by atoms with Crippen molar-refractivity contribution in [3.63, 3.8) is 0 Å². The number of hydrogen-bond acceptors (Lipinski definition) is 3. The zero-order chi connectivity index (χ0) is 14.3. The van der Waals surface area contributed by atoms with Gasteiger partial charge in [-0.15, -0.1) is 0 Å². The normalized spacial score (nSPS) is 12.3. The summed E-state index contributed by atoms with van der Waals surface area (Å²) >= 11 is 0. The van der Waals surface area contributed by atoms with E-state index in [0.717, 1.165) is 0 Å². The van der Waals surface area contributed by atoms with E-state index in [2.05, 4.69) is 10.1 Å². The molecule has 0 spiro atoms. The topological polar surface area (TPSA) is 64.4 Å². The van der Waals surface area contributed by atoms with Gasteiger partial charge in [0.05, 0.1) is 0 Å². The fourth-order valence-electron chi connectivity index (χ4n) is 1.47. The summed E-state index contributed by atoms with van der Waals surface area (Å²) in [7, 11) is 0. The van der Waals surface area contributed by atoms with Crippen LogP contribution in [0.2, 0.25) is 0 Å². The van der Waals surface area contributed by atoms with Gasteiger partial charge in [0, 0.05) is 18.2 Å². The fraction of sp³-hybridized carbons (Fsp3) is 0.462. The maximum absolute atomic E-state index is 12.0. The Balaban J connectivity index is 2.49. The van der Waals surface area contributed by atoms with Gasteiger partial charge < -0.3 is 15.8 Å². The van der Waals surface area contributed by atoms with E-state index in [-0.39, 0.29) is 17.6 Å². The number of hydrogen-bond donors (Lipinski definition) is 2. The Labute approximate surface area is 110 Å². The number of amides is 1. The Morgan fingerprint density at radius 3 is 2.84 bits per heavy atom. The Morgan fingerprint density at radius 1 is 1.47 bits per heavy atom. The number of rotatable bonds is 7. The van der Waals surface area contributed by atoms with E-state index in [0.29, 0.717) is 25.1 Å². The molecule has 3 N–H and O–H groups in total. The van der Waals surface area contributed by atoms with Crippen molar-refractivity contribution in [3.05, 3.63) is 24.3 Å². The second kappa shape index (κ2) is 7.68. The molecule has 1 aromatic carbocycles. The van der Waals surface area contributed by atoms with Gasteiger partial charge in [0.25, 0.3) is 0 Å². The van der Waals surface area contributed by atoms with Crippen LogP contribution >= 0.6 is 0 Å². The first kappa shape index (κ1) is 15.4. The third-order valence-corrected chi connectivity index (χ3v) is 2.61. The summed E-state index contributed by atoms with van der Waals surface area (Å²) in [6.45, 7) is -0.383. The monoisotopic (exact) mass is 272 g/mol. The van der Waals surface area contributed by atoms with Crippen LogP contribution in [0.1, 0.15) is 19.8 Å². The first-order valence-electron chi connectivity index (χ1n) is 6.06. The summed E-state index contributed by atoms with van der Waals surface area (Å²) in [6, 6.07) is 5.91. The van der Waals surface area contributed by atoms with E-state index >= 15 is 0 Å².